The number of aromatic nitrogens is 2. The van der Waals surface area contributed by atoms with Gasteiger partial charge in [0, 0.05) is 46.4 Å². The van der Waals surface area contributed by atoms with Gasteiger partial charge in [0.15, 0.2) is 5.82 Å². The fourth-order valence-corrected chi connectivity index (χ4v) is 2.65. The highest BCUT2D eigenvalue weighted by atomic mass is 16.5. The number of hydrogen-bond acceptors (Lipinski definition) is 7. The Labute approximate surface area is 137 Å². The Balaban J connectivity index is 1.68. The van der Waals surface area contributed by atoms with Gasteiger partial charge in [0.05, 0.1) is 12.6 Å². The smallest absolute Gasteiger partial charge is 0.243 e. The maximum absolute atomic E-state index is 11.9. The van der Waals surface area contributed by atoms with Gasteiger partial charge in [-0.3, -0.25) is 14.6 Å². The molecule has 0 spiro atoms. The van der Waals surface area contributed by atoms with Crippen molar-refractivity contribution in [1.82, 2.24) is 25.3 Å². The van der Waals surface area contributed by atoms with Crippen LogP contribution in [0.1, 0.15) is 31.1 Å². The van der Waals surface area contributed by atoms with Gasteiger partial charge < -0.3 is 14.6 Å². The topological polar surface area (TPSA) is 83.7 Å². The zero-order valence-corrected chi connectivity index (χ0v) is 14.2. The van der Waals surface area contributed by atoms with Gasteiger partial charge in [-0.2, -0.15) is 4.98 Å². The van der Waals surface area contributed by atoms with E-state index in [4.69, 9.17) is 9.26 Å². The number of piperazine rings is 1. The van der Waals surface area contributed by atoms with Gasteiger partial charge in [-0.1, -0.05) is 5.16 Å². The molecule has 2 rings (SSSR count). The summed E-state index contributed by atoms with van der Waals surface area (Å²) in [7, 11) is 1.66. The summed E-state index contributed by atoms with van der Waals surface area (Å²) in [5, 5.41) is 6.76. The van der Waals surface area contributed by atoms with E-state index in [1.165, 1.54) is 0 Å². The molecule has 1 atom stereocenters. The third kappa shape index (κ3) is 5.56. The minimum absolute atomic E-state index is 0.0788. The van der Waals surface area contributed by atoms with Crippen LogP contribution < -0.4 is 5.32 Å². The zero-order chi connectivity index (χ0) is 16.7. The van der Waals surface area contributed by atoms with E-state index in [0.29, 0.717) is 31.4 Å². The average Bonchev–Trinajstić information content (AvgIpc) is 2.98. The van der Waals surface area contributed by atoms with Crippen LogP contribution in [-0.2, 0) is 9.53 Å². The molecule has 0 radical (unpaired) electrons. The van der Waals surface area contributed by atoms with Crippen molar-refractivity contribution in [3.05, 3.63) is 11.7 Å². The van der Waals surface area contributed by atoms with E-state index in [0.717, 1.165) is 32.6 Å². The minimum Gasteiger partial charge on any atom is -0.385 e. The fraction of sp³-hybridized carbons (Fsp3) is 0.800. The lowest BCUT2D eigenvalue weighted by Crippen LogP contribution is -2.50. The van der Waals surface area contributed by atoms with Crippen molar-refractivity contribution >= 4 is 5.91 Å². The van der Waals surface area contributed by atoms with Gasteiger partial charge in [0.25, 0.3) is 0 Å². The second-order valence-corrected chi connectivity index (χ2v) is 5.86. The standard InChI is InChI=1S/C15H27N5O3/c1-12(15-17-13(2)18-23-15)20-8-6-19(7-9-20)11-14(21)16-5-4-10-22-3/h12H,4-11H2,1-3H3,(H,16,21)/t12-/m0/s1. The molecule has 1 saturated heterocycles. The Kier molecular flexibility index (Phi) is 6.94. The molecule has 1 N–H and O–H groups in total. The molecule has 8 nitrogen and oxygen atoms in total. The van der Waals surface area contributed by atoms with Gasteiger partial charge >= 0.3 is 0 Å². The van der Waals surface area contributed by atoms with Gasteiger partial charge in [-0.05, 0) is 20.3 Å². The van der Waals surface area contributed by atoms with E-state index in [1.54, 1.807) is 7.11 Å². The van der Waals surface area contributed by atoms with Crippen molar-refractivity contribution < 1.29 is 14.1 Å². The van der Waals surface area contributed by atoms with Gasteiger partial charge in [-0.15, -0.1) is 0 Å². The van der Waals surface area contributed by atoms with Crippen LogP contribution >= 0.6 is 0 Å². The van der Waals surface area contributed by atoms with Gasteiger partial charge in [0.1, 0.15) is 0 Å². The molecule has 0 aromatic carbocycles. The zero-order valence-electron chi connectivity index (χ0n) is 14.2. The van der Waals surface area contributed by atoms with Crippen molar-refractivity contribution in [2.75, 3.05) is 53.0 Å². The molecule has 0 saturated carbocycles. The Morgan fingerprint density at radius 3 is 2.74 bits per heavy atom. The van der Waals surface area contributed by atoms with E-state index in [1.807, 2.05) is 6.92 Å². The Morgan fingerprint density at radius 1 is 1.39 bits per heavy atom. The normalized spacial score (nSPS) is 18.0. The highest BCUT2D eigenvalue weighted by Crippen LogP contribution is 2.19. The molecule has 23 heavy (non-hydrogen) atoms. The first-order valence-corrected chi connectivity index (χ1v) is 8.12. The first-order valence-electron chi connectivity index (χ1n) is 8.12. The van der Waals surface area contributed by atoms with Crippen LogP contribution in [0, 0.1) is 6.92 Å². The van der Waals surface area contributed by atoms with Crippen LogP contribution in [0.25, 0.3) is 0 Å². The Morgan fingerprint density at radius 2 is 2.13 bits per heavy atom. The van der Waals surface area contributed by atoms with Gasteiger partial charge in [-0.25, -0.2) is 0 Å². The first-order chi connectivity index (χ1) is 11.1. The lowest BCUT2D eigenvalue weighted by molar-refractivity contribution is -0.122. The molecule has 0 bridgehead atoms. The molecule has 130 valence electrons. The number of hydrogen-bond donors (Lipinski definition) is 1. The largest absolute Gasteiger partial charge is 0.385 e. The Hall–Kier alpha value is -1.51. The predicted octanol–water partition coefficient (Wildman–Crippen LogP) is 0.209. The van der Waals surface area contributed by atoms with Crippen LogP contribution in [-0.4, -0.2) is 78.8 Å². The second-order valence-electron chi connectivity index (χ2n) is 5.86. The lowest BCUT2D eigenvalue weighted by atomic mass is 10.2. The second kappa shape index (κ2) is 8.95. The number of methoxy groups -OCH3 is 1. The summed E-state index contributed by atoms with van der Waals surface area (Å²) in [4.78, 5) is 20.6. The third-order valence-corrected chi connectivity index (χ3v) is 4.07. The van der Waals surface area contributed by atoms with Crippen LogP contribution in [0.3, 0.4) is 0 Å². The molecule has 1 amide bonds. The first kappa shape index (κ1) is 17.8. The highest BCUT2D eigenvalue weighted by Gasteiger charge is 2.26. The predicted molar refractivity (Wildman–Crippen MR) is 85.0 cm³/mol. The number of rotatable bonds is 8. The maximum Gasteiger partial charge on any atom is 0.243 e. The van der Waals surface area contributed by atoms with E-state index < -0.39 is 0 Å². The molecule has 2 heterocycles. The Bertz CT molecular complexity index is 485. The average molecular weight is 325 g/mol. The third-order valence-electron chi connectivity index (χ3n) is 4.07. The number of ether oxygens (including phenoxy) is 1. The summed E-state index contributed by atoms with van der Waals surface area (Å²) in [6.07, 6.45) is 0.844. The van der Waals surface area contributed by atoms with Crippen LogP contribution in [0.5, 0.6) is 0 Å². The molecule has 1 aromatic heterocycles. The summed E-state index contributed by atoms with van der Waals surface area (Å²) in [6.45, 7) is 9.19. The number of nitrogens with zero attached hydrogens (tertiary/aromatic N) is 4. The van der Waals surface area contributed by atoms with Crippen molar-refractivity contribution in [3.8, 4) is 0 Å². The van der Waals surface area contributed by atoms with E-state index in [-0.39, 0.29) is 11.9 Å². The minimum atomic E-state index is 0.0788. The van der Waals surface area contributed by atoms with Crippen molar-refractivity contribution in [3.63, 3.8) is 0 Å². The van der Waals surface area contributed by atoms with E-state index >= 15 is 0 Å². The van der Waals surface area contributed by atoms with Crippen molar-refractivity contribution in [1.29, 1.82) is 0 Å². The molecule has 1 aromatic rings. The fourth-order valence-electron chi connectivity index (χ4n) is 2.65. The number of carbonyl (C=O) groups excluding carboxylic acids is 1. The van der Waals surface area contributed by atoms with E-state index in [2.05, 4.69) is 32.2 Å². The molecule has 0 unspecified atom stereocenters. The summed E-state index contributed by atoms with van der Waals surface area (Å²) >= 11 is 0. The molecule has 8 heteroatoms. The molecular formula is C15H27N5O3. The van der Waals surface area contributed by atoms with Crippen LogP contribution in [0.15, 0.2) is 4.52 Å². The molecular weight excluding hydrogens is 298 g/mol. The summed E-state index contributed by atoms with van der Waals surface area (Å²) in [5.74, 6) is 1.40. The lowest BCUT2D eigenvalue weighted by Gasteiger charge is -2.36. The molecule has 0 aliphatic carbocycles. The molecule has 1 aliphatic heterocycles. The van der Waals surface area contributed by atoms with Crippen molar-refractivity contribution in [2.24, 2.45) is 0 Å². The van der Waals surface area contributed by atoms with Gasteiger partial charge in [0.2, 0.25) is 11.8 Å². The molecule has 1 fully saturated rings. The monoisotopic (exact) mass is 325 g/mol. The highest BCUT2D eigenvalue weighted by molar-refractivity contribution is 5.77. The quantitative estimate of drug-likeness (QED) is 0.684. The van der Waals surface area contributed by atoms with Crippen LogP contribution in [0.4, 0.5) is 0 Å². The SMILES string of the molecule is COCCCNC(=O)CN1CCN([C@@H](C)c2nc(C)no2)CC1. The van der Waals surface area contributed by atoms with Crippen LogP contribution in [0.2, 0.25) is 0 Å². The summed E-state index contributed by atoms with van der Waals surface area (Å²) in [5.41, 5.74) is 0. The maximum atomic E-state index is 11.9. The van der Waals surface area contributed by atoms with Crippen molar-refractivity contribution in [2.45, 2.75) is 26.3 Å². The number of amides is 1. The number of nitrogens with one attached hydrogen (secondary N) is 1. The molecule has 1 aliphatic rings. The number of carbonyl (C=O) groups is 1. The summed E-state index contributed by atoms with van der Waals surface area (Å²) < 4.78 is 10.2. The van der Waals surface area contributed by atoms with E-state index in [9.17, 15) is 4.79 Å². The summed E-state index contributed by atoms with van der Waals surface area (Å²) in [6, 6.07) is 0.112. The number of aryl methyl sites for hydroxylation is 1.